The fourth-order valence-electron chi connectivity index (χ4n) is 4.68. The average Bonchev–Trinajstić information content (AvgIpc) is 3.43. The van der Waals surface area contributed by atoms with Crippen LogP contribution in [0.4, 0.5) is 10.1 Å². The van der Waals surface area contributed by atoms with Crippen LogP contribution in [0.15, 0.2) is 78.2 Å². The fraction of sp³-hybridized carbons (Fsp3) is 0.267. The molecule has 1 fully saturated rings. The molecule has 0 aliphatic carbocycles. The summed E-state index contributed by atoms with van der Waals surface area (Å²) in [5, 5.41) is 3.43. The van der Waals surface area contributed by atoms with E-state index in [0.29, 0.717) is 43.4 Å². The van der Waals surface area contributed by atoms with Gasteiger partial charge in [0.1, 0.15) is 22.3 Å². The highest BCUT2D eigenvalue weighted by Crippen LogP contribution is 2.23. The number of thiazole rings is 1. The third kappa shape index (κ3) is 7.15. The smallest absolute Gasteiger partial charge is 0.273 e. The minimum Gasteiger partial charge on any atom is -0.497 e. The van der Waals surface area contributed by atoms with Crippen LogP contribution in [0, 0.1) is 5.82 Å². The first-order chi connectivity index (χ1) is 19.0. The van der Waals surface area contributed by atoms with Crippen LogP contribution in [-0.4, -0.2) is 54.0 Å². The molecule has 9 heteroatoms. The zero-order valence-electron chi connectivity index (χ0n) is 21.7. The summed E-state index contributed by atoms with van der Waals surface area (Å²) in [6.45, 7) is 4.63. The van der Waals surface area contributed by atoms with Gasteiger partial charge in [-0.15, -0.1) is 11.3 Å². The normalized spacial score (nSPS) is 13.6. The number of methoxy groups -OCH3 is 1. The number of aromatic nitrogens is 1. The number of ether oxygens (including phenoxy) is 1. The second kappa shape index (κ2) is 12.6. The lowest BCUT2D eigenvalue weighted by atomic mass is 10.1. The Hall–Kier alpha value is -3.46. The molecule has 6 nitrogen and oxygen atoms in total. The molecule has 0 unspecified atom stereocenters. The molecule has 1 aromatic heterocycles. The van der Waals surface area contributed by atoms with E-state index in [2.05, 4.69) is 9.80 Å². The van der Waals surface area contributed by atoms with Crippen LogP contribution in [0.5, 0.6) is 5.75 Å². The quantitative estimate of drug-likeness (QED) is 0.245. The molecule has 1 amide bonds. The Morgan fingerprint density at radius 1 is 0.974 bits per heavy atom. The Morgan fingerprint density at radius 3 is 2.28 bits per heavy atom. The Balaban J connectivity index is 1.24. The molecule has 0 saturated carbocycles. The van der Waals surface area contributed by atoms with Crippen LogP contribution in [-0.2, 0) is 19.6 Å². The molecule has 0 spiro atoms. The van der Waals surface area contributed by atoms with Gasteiger partial charge >= 0.3 is 0 Å². The molecular formula is C30H30ClFN4O2S. The molecule has 1 aliphatic heterocycles. The van der Waals surface area contributed by atoms with Crippen molar-refractivity contribution in [2.45, 2.75) is 19.6 Å². The number of hydrogen-bond donors (Lipinski definition) is 0. The molecule has 2 heterocycles. The van der Waals surface area contributed by atoms with Crippen molar-refractivity contribution in [1.82, 2.24) is 14.8 Å². The Bertz CT molecular complexity index is 1390. The Morgan fingerprint density at radius 2 is 1.64 bits per heavy atom. The molecule has 39 heavy (non-hydrogen) atoms. The highest BCUT2D eigenvalue weighted by atomic mass is 35.5. The largest absolute Gasteiger partial charge is 0.497 e. The monoisotopic (exact) mass is 564 g/mol. The molecule has 1 aliphatic rings. The first-order valence-corrected chi connectivity index (χ1v) is 14.1. The number of nitrogens with zero attached hydrogens (tertiary/aromatic N) is 4. The number of anilines is 1. The maximum Gasteiger partial charge on any atom is 0.273 e. The number of rotatable bonds is 9. The molecule has 0 N–H and O–H groups in total. The third-order valence-corrected chi connectivity index (χ3v) is 7.82. The summed E-state index contributed by atoms with van der Waals surface area (Å²) in [5.41, 5.74) is 3.69. The van der Waals surface area contributed by atoms with E-state index in [-0.39, 0.29) is 11.7 Å². The predicted octanol–water partition coefficient (Wildman–Crippen LogP) is 6.11. The molecule has 5 rings (SSSR count). The number of halogens is 2. The van der Waals surface area contributed by atoms with Crippen LogP contribution in [0.1, 0.15) is 26.6 Å². The number of carbonyl (C=O) groups excluding carboxylic acids is 1. The maximum absolute atomic E-state index is 13.5. The standard InChI is InChI=1S/C30H30ClFN4O2S/c1-38-27-11-7-23(8-12-27)19-34(18-22-5-9-25(32)10-6-22)20-29-33-28(21-39-29)30(37)36-15-13-35(14-16-36)26-4-2-3-24(31)17-26/h2-12,17,21H,13-16,18-20H2,1H3. The predicted molar refractivity (Wildman–Crippen MR) is 154 cm³/mol. The average molecular weight is 565 g/mol. The molecule has 0 bridgehead atoms. The zero-order valence-corrected chi connectivity index (χ0v) is 23.3. The van der Waals surface area contributed by atoms with Gasteiger partial charge in [-0.2, -0.15) is 0 Å². The first-order valence-electron chi connectivity index (χ1n) is 12.8. The zero-order chi connectivity index (χ0) is 27.2. The van der Waals surface area contributed by atoms with E-state index in [4.69, 9.17) is 21.3 Å². The van der Waals surface area contributed by atoms with Crippen LogP contribution in [0.25, 0.3) is 0 Å². The van der Waals surface area contributed by atoms with Gasteiger partial charge in [0.2, 0.25) is 0 Å². The summed E-state index contributed by atoms with van der Waals surface area (Å²) in [7, 11) is 1.65. The number of carbonyl (C=O) groups is 1. The maximum atomic E-state index is 13.5. The van der Waals surface area contributed by atoms with Gasteiger partial charge in [0.25, 0.3) is 5.91 Å². The van der Waals surface area contributed by atoms with E-state index in [1.807, 2.05) is 58.8 Å². The minimum atomic E-state index is -0.253. The molecule has 4 aromatic rings. The summed E-state index contributed by atoms with van der Waals surface area (Å²) >= 11 is 7.64. The van der Waals surface area contributed by atoms with E-state index >= 15 is 0 Å². The van der Waals surface area contributed by atoms with Crippen molar-refractivity contribution in [2.24, 2.45) is 0 Å². The van der Waals surface area contributed by atoms with E-state index in [0.717, 1.165) is 40.7 Å². The third-order valence-electron chi connectivity index (χ3n) is 6.75. The molecule has 0 atom stereocenters. The van der Waals surface area contributed by atoms with Gasteiger partial charge < -0.3 is 14.5 Å². The summed E-state index contributed by atoms with van der Waals surface area (Å²) in [6, 6.07) is 22.3. The SMILES string of the molecule is COc1ccc(CN(Cc2ccc(F)cc2)Cc2nc(C(=O)N3CCN(c4cccc(Cl)c4)CC3)cs2)cc1. The van der Waals surface area contributed by atoms with Gasteiger partial charge in [-0.25, -0.2) is 9.37 Å². The van der Waals surface area contributed by atoms with E-state index in [1.165, 1.54) is 23.5 Å². The van der Waals surface area contributed by atoms with Gasteiger partial charge in [-0.3, -0.25) is 9.69 Å². The van der Waals surface area contributed by atoms with Gasteiger partial charge in [-0.1, -0.05) is 41.9 Å². The van der Waals surface area contributed by atoms with Gasteiger partial charge in [0.05, 0.1) is 13.7 Å². The number of amides is 1. The molecule has 202 valence electrons. The summed E-state index contributed by atoms with van der Waals surface area (Å²) in [5.74, 6) is 0.515. The van der Waals surface area contributed by atoms with Crippen molar-refractivity contribution in [3.8, 4) is 5.75 Å². The lowest BCUT2D eigenvalue weighted by molar-refractivity contribution is 0.0741. The van der Waals surface area contributed by atoms with Crippen molar-refractivity contribution < 1.29 is 13.9 Å². The fourth-order valence-corrected chi connectivity index (χ4v) is 5.67. The molecular weight excluding hydrogens is 535 g/mol. The molecule has 3 aromatic carbocycles. The lowest BCUT2D eigenvalue weighted by Crippen LogP contribution is -2.48. The van der Waals surface area contributed by atoms with E-state index in [1.54, 1.807) is 19.2 Å². The minimum absolute atomic E-state index is 0.0384. The first kappa shape index (κ1) is 27.1. The van der Waals surface area contributed by atoms with Crippen molar-refractivity contribution in [3.63, 3.8) is 0 Å². The lowest BCUT2D eigenvalue weighted by Gasteiger charge is -2.35. The van der Waals surface area contributed by atoms with Gasteiger partial charge in [0, 0.05) is 55.4 Å². The highest BCUT2D eigenvalue weighted by molar-refractivity contribution is 7.09. The van der Waals surface area contributed by atoms with E-state index < -0.39 is 0 Å². The second-order valence-electron chi connectivity index (χ2n) is 9.51. The van der Waals surface area contributed by atoms with Crippen LogP contribution >= 0.6 is 22.9 Å². The van der Waals surface area contributed by atoms with Crippen LogP contribution in [0.2, 0.25) is 5.02 Å². The number of benzene rings is 3. The molecule has 1 saturated heterocycles. The number of hydrogen-bond acceptors (Lipinski definition) is 6. The topological polar surface area (TPSA) is 48.9 Å². The summed E-state index contributed by atoms with van der Waals surface area (Å²) in [4.78, 5) is 24.3. The van der Waals surface area contributed by atoms with Crippen LogP contribution in [0.3, 0.4) is 0 Å². The summed E-state index contributed by atoms with van der Waals surface area (Å²) < 4.78 is 18.8. The van der Waals surface area contributed by atoms with E-state index in [9.17, 15) is 9.18 Å². The van der Waals surface area contributed by atoms with Crippen LogP contribution < -0.4 is 9.64 Å². The van der Waals surface area contributed by atoms with Crippen molar-refractivity contribution in [1.29, 1.82) is 0 Å². The summed E-state index contributed by atoms with van der Waals surface area (Å²) in [6.07, 6.45) is 0. The van der Waals surface area contributed by atoms with Gasteiger partial charge in [0.15, 0.2) is 0 Å². The van der Waals surface area contributed by atoms with Crippen molar-refractivity contribution in [3.05, 3.63) is 111 Å². The molecule has 0 radical (unpaired) electrons. The van der Waals surface area contributed by atoms with Crippen molar-refractivity contribution in [2.75, 3.05) is 38.2 Å². The number of piperazine rings is 1. The van der Waals surface area contributed by atoms with Crippen molar-refractivity contribution >= 4 is 34.5 Å². The Labute approximate surface area is 237 Å². The van der Waals surface area contributed by atoms with Gasteiger partial charge in [-0.05, 0) is 53.6 Å². The Kier molecular flexibility index (Phi) is 8.76. The highest BCUT2D eigenvalue weighted by Gasteiger charge is 2.24. The second-order valence-corrected chi connectivity index (χ2v) is 10.9.